The van der Waals surface area contributed by atoms with Crippen LogP contribution in [0.5, 0.6) is 5.75 Å². The molecular weight excluding hydrogens is 372 g/mol. The van der Waals surface area contributed by atoms with E-state index in [1.54, 1.807) is 24.3 Å². The summed E-state index contributed by atoms with van der Waals surface area (Å²) in [5, 5.41) is 4.60. The second kappa shape index (κ2) is 7.48. The van der Waals surface area contributed by atoms with Crippen molar-refractivity contribution >= 4 is 21.2 Å². The number of fused-ring (bicyclic) bond motifs is 1. The van der Waals surface area contributed by atoms with Gasteiger partial charge in [0.2, 0.25) is 0 Å². The minimum absolute atomic E-state index is 0.107. The predicted molar refractivity (Wildman–Crippen MR) is 111 cm³/mol. The van der Waals surface area contributed by atoms with E-state index in [2.05, 4.69) is 10.5 Å². The zero-order valence-electron chi connectivity index (χ0n) is 15.4. The Kier molecular flexibility index (Phi) is 4.88. The molecule has 1 N–H and O–H groups in total. The standard InChI is InChI=1S/C22H20N2O3S/c1-28(25,26)18-13-11-17(12-14-18)23-24-20-15-22(16-7-3-2-4-8-16)27-21-10-6-5-9-19(20)21/h2-14,22-23H,15H2,1H3. The smallest absolute Gasteiger partial charge is 0.175 e. The third-order valence-corrected chi connectivity index (χ3v) is 5.75. The summed E-state index contributed by atoms with van der Waals surface area (Å²) in [5.74, 6) is 0.801. The average molecular weight is 392 g/mol. The predicted octanol–water partition coefficient (Wildman–Crippen LogP) is 4.43. The van der Waals surface area contributed by atoms with Crippen molar-refractivity contribution in [3.63, 3.8) is 0 Å². The molecule has 1 atom stereocenters. The Morgan fingerprint density at radius 2 is 1.61 bits per heavy atom. The van der Waals surface area contributed by atoms with Crippen LogP contribution in [-0.2, 0) is 9.84 Å². The molecule has 0 fully saturated rings. The van der Waals surface area contributed by atoms with Crippen molar-refractivity contribution in [1.82, 2.24) is 0 Å². The zero-order valence-corrected chi connectivity index (χ0v) is 16.2. The van der Waals surface area contributed by atoms with Crippen LogP contribution in [0.15, 0.2) is 88.9 Å². The largest absolute Gasteiger partial charge is 0.485 e. The van der Waals surface area contributed by atoms with Gasteiger partial charge in [0.15, 0.2) is 9.84 Å². The maximum absolute atomic E-state index is 11.6. The first-order valence-corrected chi connectivity index (χ1v) is 10.8. The molecule has 5 nitrogen and oxygen atoms in total. The minimum Gasteiger partial charge on any atom is -0.485 e. The van der Waals surface area contributed by atoms with E-state index in [-0.39, 0.29) is 11.0 Å². The fraction of sp³-hybridized carbons (Fsp3) is 0.136. The number of ether oxygens (including phenoxy) is 1. The molecule has 0 bridgehead atoms. The molecule has 0 spiro atoms. The number of nitrogens with zero attached hydrogens (tertiary/aromatic N) is 1. The summed E-state index contributed by atoms with van der Waals surface area (Å²) < 4.78 is 29.4. The van der Waals surface area contributed by atoms with E-state index in [1.165, 1.54) is 6.26 Å². The molecule has 28 heavy (non-hydrogen) atoms. The van der Waals surface area contributed by atoms with Crippen LogP contribution in [0.4, 0.5) is 5.69 Å². The van der Waals surface area contributed by atoms with Crippen molar-refractivity contribution < 1.29 is 13.2 Å². The molecule has 142 valence electrons. The Bertz CT molecular complexity index is 1110. The van der Waals surface area contributed by atoms with Crippen LogP contribution >= 0.6 is 0 Å². The first-order chi connectivity index (χ1) is 13.5. The summed E-state index contributed by atoms with van der Waals surface area (Å²) in [4.78, 5) is 0.284. The molecule has 0 saturated heterocycles. The summed E-state index contributed by atoms with van der Waals surface area (Å²) in [7, 11) is -3.21. The van der Waals surface area contributed by atoms with Gasteiger partial charge in [-0.15, -0.1) is 0 Å². The van der Waals surface area contributed by atoms with Gasteiger partial charge in [0.1, 0.15) is 11.9 Å². The molecule has 6 heteroatoms. The number of hydrogen-bond donors (Lipinski definition) is 1. The van der Waals surface area contributed by atoms with E-state index < -0.39 is 9.84 Å². The summed E-state index contributed by atoms with van der Waals surface area (Å²) in [6.07, 6.45) is 1.72. The number of rotatable bonds is 4. The highest BCUT2D eigenvalue weighted by molar-refractivity contribution is 7.90. The van der Waals surface area contributed by atoms with E-state index in [4.69, 9.17) is 4.74 Å². The highest BCUT2D eigenvalue weighted by atomic mass is 32.2. The summed E-state index contributed by atoms with van der Waals surface area (Å²) in [6.45, 7) is 0. The van der Waals surface area contributed by atoms with E-state index in [0.717, 1.165) is 28.3 Å². The molecule has 1 aliphatic heterocycles. The van der Waals surface area contributed by atoms with Crippen LogP contribution in [-0.4, -0.2) is 20.4 Å². The van der Waals surface area contributed by atoms with Crippen molar-refractivity contribution in [1.29, 1.82) is 0 Å². The van der Waals surface area contributed by atoms with Crippen LogP contribution in [0.2, 0.25) is 0 Å². The summed E-state index contributed by atoms with van der Waals surface area (Å²) >= 11 is 0. The third-order valence-electron chi connectivity index (χ3n) is 4.62. The van der Waals surface area contributed by atoms with Crippen LogP contribution in [0.1, 0.15) is 23.7 Å². The lowest BCUT2D eigenvalue weighted by molar-refractivity contribution is 0.206. The molecule has 0 saturated carbocycles. The maximum Gasteiger partial charge on any atom is 0.175 e. The molecule has 3 aromatic rings. The molecule has 3 aromatic carbocycles. The van der Waals surface area contributed by atoms with E-state index >= 15 is 0 Å². The Morgan fingerprint density at radius 3 is 2.32 bits per heavy atom. The molecule has 0 radical (unpaired) electrons. The van der Waals surface area contributed by atoms with Crippen molar-refractivity contribution in [3.05, 3.63) is 90.0 Å². The van der Waals surface area contributed by atoms with Gasteiger partial charge in [0.25, 0.3) is 0 Å². The van der Waals surface area contributed by atoms with Gasteiger partial charge in [-0.1, -0.05) is 42.5 Å². The highest BCUT2D eigenvalue weighted by Gasteiger charge is 2.26. The maximum atomic E-state index is 11.6. The van der Waals surface area contributed by atoms with Gasteiger partial charge < -0.3 is 4.74 Å². The molecule has 0 aliphatic carbocycles. The Labute approximate surface area is 164 Å². The third kappa shape index (κ3) is 3.92. The van der Waals surface area contributed by atoms with Crippen molar-refractivity contribution in [2.24, 2.45) is 5.10 Å². The quantitative estimate of drug-likeness (QED) is 0.667. The van der Waals surface area contributed by atoms with Gasteiger partial charge in [-0.2, -0.15) is 5.10 Å². The lowest BCUT2D eigenvalue weighted by atomic mass is 9.96. The Morgan fingerprint density at radius 1 is 0.929 bits per heavy atom. The highest BCUT2D eigenvalue weighted by Crippen LogP contribution is 2.35. The number of para-hydroxylation sites is 1. The number of hydrazone groups is 1. The number of benzene rings is 3. The number of hydrogen-bond acceptors (Lipinski definition) is 5. The van der Waals surface area contributed by atoms with Crippen LogP contribution < -0.4 is 10.2 Å². The number of anilines is 1. The first kappa shape index (κ1) is 18.3. The number of nitrogens with one attached hydrogen (secondary N) is 1. The van der Waals surface area contributed by atoms with Gasteiger partial charge >= 0.3 is 0 Å². The fourth-order valence-corrected chi connectivity index (χ4v) is 3.79. The molecule has 1 aliphatic rings. The second-order valence-corrected chi connectivity index (χ2v) is 8.70. The van der Waals surface area contributed by atoms with Gasteiger partial charge in [0, 0.05) is 18.2 Å². The molecule has 0 amide bonds. The van der Waals surface area contributed by atoms with Gasteiger partial charge in [-0.05, 0) is 42.0 Å². The number of sulfone groups is 1. The Hall–Kier alpha value is -3.12. The van der Waals surface area contributed by atoms with Crippen LogP contribution in [0.25, 0.3) is 0 Å². The second-order valence-electron chi connectivity index (χ2n) is 6.68. The van der Waals surface area contributed by atoms with Gasteiger partial charge in [0.05, 0.1) is 16.3 Å². The lowest BCUT2D eigenvalue weighted by Crippen LogP contribution is -2.21. The molecule has 0 aromatic heterocycles. The topological polar surface area (TPSA) is 67.8 Å². The van der Waals surface area contributed by atoms with Gasteiger partial charge in [-0.25, -0.2) is 8.42 Å². The van der Waals surface area contributed by atoms with E-state index in [9.17, 15) is 8.42 Å². The minimum atomic E-state index is -3.21. The molecular formula is C22H20N2O3S. The summed E-state index contributed by atoms with van der Waals surface area (Å²) in [6, 6.07) is 24.5. The van der Waals surface area contributed by atoms with Crippen molar-refractivity contribution in [2.75, 3.05) is 11.7 Å². The van der Waals surface area contributed by atoms with Crippen LogP contribution in [0, 0.1) is 0 Å². The van der Waals surface area contributed by atoms with Crippen molar-refractivity contribution in [2.45, 2.75) is 17.4 Å². The molecule has 4 rings (SSSR count). The monoisotopic (exact) mass is 392 g/mol. The van der Waals surface area contributed by atoms with Crippen LogP contribution in [0.3, 0.4) is 0 Å². The summed E-state index contributed by atoms with van der Waals surface area (Å²) in [5.41, 5.74) is 6.71. The van der Waals surface area contributed by atoms with E-state index in [1.807, 2.05) is 54.6 Å². The lowest BCUT2D eigenvalue weighted by Gasteiger charge is -2.27. The Balaban J connectivity index is 1.62. The van der Waals surface area contributed by atoms with Crippen molar-refractivity contribution in [3.8, 4) is 5.75 Å². The normalized spacial score (nSPS) is 17.6. The first-order valence-electron chi connectivity index (χ1n) is 8.94. The molecule has 1 heterocycles. The van der Waals surface area contributed by atoms with Gasteiger partial charge in [-0.3, -0.25) is 5.43 Å². The SMILES string of the molecule is CS(=O)(=O)c1ccc(NN=C2CC(c3ccccc3)Oc3ccccc32)cc1. The zero-order chi connectivity index (χ0) is 19.6. The average Bonchev–Trinajstić information content (AvgIpc) is 2.72. The fourth-order valence-electron chi connectivity index (χ4n) is 3.16. The molecule has 1 unspecified atom stereocenters. The van der Waals surface area contributed by atoms with E-state index in [0.29, 0.717) is 6.42 Å².